The first-order chi connectivity index (χ1) is 11.3. The third-order valence-electron chi connectivity index (χ3n) is 3.52. The van der Waals surface area contributed by atoms with E-state index in [1.165, 1.54) is 23.8 Å². The quantitative estimate of drug-likeness (QED) is 0.677. The Balaban J connectivity index is 1.98. The minimum atomic E-state index is -2.26. The summed E-state index contributed by atoms with van der Waals surface area (Å²) in [5.41, 5.74) is 2.82. The number of amides is 1. The lowest BCUT2D eigenvalue weighted by molar-refractivity contribution is -0.111. The lowest BCUT2D eigenvalue weighted by atomic mass is 9.87. The van der Waals surface area contributed by atoms with Gasteiger partial charge in [0.2, 0.25) is 5.91 Å². The van der Waals surface area contributed by atoms with Crippen molar-refractivity contribution in [1.82, 2.24) is 0 Å². The molecule has 0 aliphatic carbocycles. The average molecular weight is 342 g/mol. The molecule has 0 aliphatic heterocycles. The van der Waals surface area contributed by atoms with E-state index < -0.39 is 11.1 Å². The van der Waals surface area contributed by atoms with Gasteiger partial charge in [-0.1, -0.05) is 45.0 Å². The van der Waals surface area contributed by atoms with E-state index in [2.05, 4.69) is 38.2 Å². The van der Waals surface area contributed by atoms with Gasteiger partial charge in [-0.15, -0.1) is 0 Å². The first kappa shape index (κ1) is 18.1. The highest BCUT2D eigenvalue weighted by molar-refractivity contribution is 7.79. The molecule has 2 aromatic carbocycles. The second kappa shape index (κ2) is 7.55. The highest BCUT2D eigenvalue weighted by Crippen LogP contribution is 2.22. The third-order valence-corrected chi connectivity index (χ3v) is 4.18. The fourth-order valence-electron chi connectivity index (χ4n) is 2.10. The van der Waals surface area contributed by atoms with Gasteiger partial charge in [0.05, 0.1) is 0 Å². The van der Waals surface area contributed by atoms with Crippen LogP contribution in [-0.4, -0.2) is 14.7 Å². The highest BCUT2D eigenvalue weighted by atomic mass is 32.2. The Morgan fingerprint density at radius 2 is 1.62 bits per heavy atom. The molecule has 0 saturated heterocycles. The Kier molecular flexibility index (Phi) is 5.70. The highest BCUT2D eigenvalue weighted by Gasteiger charge is 2.12. The van der Waals surface area contributed by atoms with E-state index in [1.807, 2.05) is 12.1 Å². The Bertz CT molecular complexity index is 757. The van der Waals surface area contributed by atoms with Crippen LogP contribution in [0, 0.1) is 0 Å². The van der Waals surface area contributed by atoms with Gasteiger partial charge in [0, 0.05) is 16.7 Å². The minimum absolute atomic E-state index is 0.0968. The van der Waals surface area contributed by atoms with Gasteiger partial charge in [0.15, 0.2) is 0 Å². The van der Waals surface area contributed by atoms with E-state index in [0.717, 1.165) is 5.56 Å². The van der Waals surface area contributed by atoms with Crippen molar-refractivity contribution in [2.24, 2.45) is 0 Å². The topological polar surface area (TPSA) is 69.2 Å². The zero-order valence-electron chi connectivity index (χ0n) is 13.9. The summed E-state index contributed by atoms with van der Waals surface area (Å²) >= 11 is -2.26. The number of rotatable bonds is 4. The van der Waals surface area contributed by atoms with Gasteiger partial charge in [0.25, 0.3) is 0 Å². The molecule has 0 heterocycles. The molecule has 1 unspecified atom stereocenters. The van der Waals surface area contributed by atoms with Gasteiger partial charge in [-0.3, -0.25) is 9.00 Å². The fraction of sp³-hybridized carbons (Fsp3) is 0.211. The number of benzene rings is 2. The molecular weight excluding hydrogens is 322 g/mol. The summed E-state index contributed by atoms with van der Waals surface area (Å²) < 4.78 is 21.6. The van der Waals surface area contributed by atoms with E-state index in [-0.39, 0.29) is 16.2 Å². The van der Waals surface area contributed by atoms with Crippen molar-refractivity contribution in [3.05, 3.63) is 65.7 Å². The van der Waals surface area contributed by atoms with E-state index in [0.29, 0.717) is 5.69 Å². The van der Waals surface area contributed by atoms with Crippen molar-refractivity contribution < 1.29 is 13.6 Å². The maximum Gasteiger partial charge on any atom is 0.248 e. The molecule has 126 valence electrons. The predicted octanol–water partition coefficient (Wildman–Crippen LogP) is 3.87. The average Bonchev–Trinajstić information content (AvgIpc) is 2.53. The maximum atomic E-state index is 11.9. The number of hydrogen-bond acceptors (Lipinski definition) is 3. The second-order valence-electron chi connectivity index (χ2n) is 6.45. The SMILES string of the molecule is CC(C)(C)c1ccc(C=CC(=O)Nc2ccc(S(=O)[O-])cc2)cc1. The van der Waals surface area contributed by atoms with Gasteiger partial charge >= 0.3 is 0 Å². The van der Waals surface area contributed by atoms with E-state index in [9.17, 15) is 13.6 Å². The number of anilines is 1. The predicted molar refractivity (Wildman–Crippen MR) is 96.4 cm³/mol. The van der Waals surface area contributed by atoms with Crippen molar-refractivity contribution in [1.29, 1.82) is 0 Å². The molecule has 24 heavy (non-hydrogen) atoms. The minimum Gasteiger partial charge on any atom is -0.768 e. The molecule has 0 radical (unpaired) electrons. The standard InChI is InChI=1S/C19H21NO3S/c1-19(2,3)15-7-4-14(5-8-15)6-13-18(21)20-16-9-11-17(12-10-16)24(22)23/h4-13H,1-3H3,(H,20,21)(H,22,23)/p-1. The largest absolute Gasteiger partial charge is 0.768 e. The maximum absolute atomic E-state index is 11.9. The fourth-order valence-corrected chi connectivity index (χ4v) is 2.46. The van der Waals surface area contributed by atoms with Crippen LogP contribution >= 0.6 is 0 Å². The summed E-state index contributed by atoms with van der Waals surface area (Å²) in [6.45, 7) is 6.46. The zero-order chi connectivity index (χ0) is 17.7. The van der Waals surface area contributed by atoms with Crippen LogP contribution in [0.1, 0.15) is 31.9 Å². The summed E-state index contributed by atoms with van der Waals surface area (Å²) in [4.78, 5) is 12.1. The van der Waals surface area contributed by atoms with Crippen LogP contribution in [0.2, 0.25) is 0 Å². The Hall–Kier alpha value is -2.24. The van der Waals surface area contributed by atoms with Gasteiger partial charge in [-0.25, -0.2) is 0 Å². The summed E-state index contributed by atoms with van der Waals surface area (Å²) in [7, 11) is 0. The first-order valence-corrected chi connectivity index (χ1v) is 8.62. The molecule has 2 rings (SSSR count). The van der Waals surface area contributed by atoms with Crippen LogP contribution in [-0.2, 0) is 21.3 Å². The van der Waals surface area contributed by atoms with Gasteiger partial charge in [-0.2, -0.15) is 0 Å². The summed E-state index contributed by atoms with van der Waals surface area (Å²) in [5, 5.41) is 2.69. The molecule has 0 aliphatic rings. The second-order valence-corrected chi connectivity index (χ2v) is 7.39. The molecule has 0 spiro atoms. The molecule has 0 bridgehead atoms. The molecule has 1 amide bonds. The smallest absolute Gasteiger partial charge is 0.248 e. The van der Waals surface area contributed by atoms with E-state index >= 15 is 0 Å². The molecule has 1 N–H and O–H groups in total. The lowest BCUT2D eigenvalue weighted by Crippen LogP contribution is -2.10. The molecular formula is C19H20NO3S-. The van der Waals surface area contributed by atoms with Crippen LogP contribution in [0.4, 0.5) is 5.69 Å². The molecule has 4 nitrogen and oxygen atoms in total. The first-order valence-electron chi connectivity index (χ1n) is 7.54. The van der Waals surface area contributed by atoms with Crippen molar-refractivity contribution in [2.75, 3.05) is 5.32 Å². The number of carbonyl (C=O) groups excluding carboxylic acids is 1. The van der Waals surface area contributed by atoms with Gasteiger partial charge in [0.1, 0.15) is 0 Å². The van der Waals surface area contributed by atoms with Gasteiger partial charge < -0.3 is 9.87 Å². The van der Waals surface area contributed by atoms with Crippen molar-refractivity contribution in [2.45, 2.75) is 31.1 Å². The number of hydrogen-bond donors (Lipinski definition) is 1. The van der Waals surface area contributed by atoms with Gasteiger partial charge in [-0.05, 0) is 58.0 Å². The molecule has 5 heteroatoms. The monoisotopic (exact) mass is 342 g/mol. The Morgan fingerprint density at radius 3 is 2.12 bits per heavy atom. The van der Waals surface area contributed by atoms with Crippen molar-refractivity contribution in [3.8, 4) is 0 Å². The van der Waals surface area contributed by atoms with Crippen LogP contribution in [0.15, 0.2) is 59.5 Å². The molecule has 1 atom stereocenters. The lowest BCUT2D eigenvalue weighted by Gasteiger charge is -2.18. The van der Waals surface area contributed by atoms with Crippen LogP contribution < -0.4 is 5.32 Å². The van der Waals surface area contributed by atoms with E-state index in [1.54, 1.807) is 18.2 Å². The number of nitrogens with one attached hydrogen (secondary N) is 1. The van der Waals surface area contributed by atoms with Crippen molar-refractivity contribution >= 4 is 28.8 Å². The Labute approximate surface area is 144 Å². The van der Waals surface area contributed by atoms with Crippen LogP contribution in [0.5, 0.6) is 0 Å². The summed E-state index contributed by atoms with van der Waals surface area (Å²) in [6.07, 6.45) is 3.19. The van der Waals surface area contributed by atoms with Crippen LogP contribution in [0.3, 0.4) is 0 Å². The summed E-state index contributed by atoms with van der Waals surface area (Å²) in [5.74, 6) is -0.272. The molecule has 0 aromatic heterocycles. The van der Waals surface area contributed by atoms with Crippen molar-refractivity contribution in [3.63, 3.8) is 0 Å². The normalized spacial score (nSPS) is 13.0. The molecule has 0 fully saturated rings. The Morgan fingerprint density at radius 1 is 1.04 bits per heavy atom. The molecule has 0 saturated carbocycles. The van der Waals surface area contributed by atoms with Crippen LogP contribution in [0.25, 0.3) is 6.08 Å². The zero-order valence-corrected chi connectivity index (χ0v) is 14.7. The van der Waals surface area contributed by atoms with E-state index in [4.69, 9.17) is 0 Å². The number of carbonyl (C=O) groups is 1. The summed E-state index contributed by atoms with van der Waals surface area (Å²) in [6, 6.07) is 14.0. The molecule has 2 aromatic rings. The third kappa shape index (κ3) is 5.15.